The van der Waals surface area contributed by atoms with Gasteiger partial charge in [-0.05, 0) is 30.4 Å². The minimum absolute atomic E-state index is 0.0195. The van der Waals surface area contributed by atoms with Gasteiger partial charge in [0, 0.05) is 24.7 Å². The van der Waals surface area contributed by atoms with Crippen LogP contribution in [-0.2, 0) is 0 Å². The van der Waals surface area contributed by atoms with Crippen molar-refractivity contribution in [2.75, 3.05) is 5.01 Å². The first kappa shape index (κ1) is 18.5. The zero-order chi connectivity index (χ0) is 20.7. The molecule has 2 aromatic heterocycles. The molecule has 6 heteroatoms. The van der Waals surface area contributed by atoms with E-state index >= 15 is 0 Å². The van der Waals surface area contributed by atoms with Gasteiger partial charge in [-0.25, -0.2) is 4.98 Å². The van der Waals surface area contributed by atoms with E-state index in [2.05, 4.69) is 64.0 Å². The summed E-state index contributed by atoms with van der Waals surface area (Å²) in [5.41, 5.74) is 2.51. The Morgan fingerprint density at radius 2 is 2.03 bits per heavy atom. The van der Waals surface area contributed by atoms with E-state index in [4.69, 9.17) is 0 Å². The van der Waals surface area contributed by atoms with Crippen molar-refractivity contribution in [3.05, 3.63) is 94.6 Å². The van der Waals surface area contributed by atoms with E-state index in [0.717, 1.165) is 19.3 Å². The third kappa shape index (κ3) is 2.79. The molecule has 0 spiro atoms. The molecule has 3 aromatic rings. The van der Waals surface area contributed by atoms with Gasteiger partial charge in [-0.3, -0.25) is 14.5 Å². The Kier molecular flexibility index (Phi) is 4.54. The van der Waals surface area contributed by atoms with E-state index in [9.17, 15) is 9.90 Å². The average Bonchev–Trinajstić information content (AvgIpc) is 3.27. The molecular formula is C24H24N4O2. The summed E-state index contributed by atoms with van der Waals surface area (Å²) in [5.74, 6) is 0.339. The third-order valence-corrected chi connectivity index (χ3v) is 5.95. The largest absolute Gasteiger partial charge is 0.503 e. The lowest BCUT2D eigenvalue weighted by Crippen LogP contribution is -2.48. The summed E-state index contributed by atoms with van der Waals surface area (Å²) in [6, 6.07) is 11.8. The fourth-order valence-corrected chi connectivity index (χ4v) is 4.63. The molecule has 0 saturated carbocycles. The average molecular weight is 400 g/mol. The summed E-state index contributed by atoms with van der Waals surface area (Å²) in [7, 11) is 0. The van der Waals surface area contributed by atoms with E-state index in [1.54, 1.807) is 12.4 Å². The fraction of sp³-hybridized carbons (Fsp3) is 0.250. The van der Waals surface area contributed by atoms with Crippen molar-refractivity contribution in [3.8, 4) is 17.3 Å². The highest BCUT2D eigenvalue weighted by molar-refractivity contribution is 5.62. The van der Waals surface area contributed by atoms with Crippen LogP contribution in [0.4, 0.5) is 0 Å². The maximum absolute atomic E-state index is 12.3. The Hall–Kier alpha value is -3.54. The minimum atomic E-state index is -0.401. The van der Waals surface area contributed by atoms with Crippen LogP contribution in [0.5, 0.6) is 5.75 Å². The summed E-state index contributed by atoms with van der Waals surface area (Å²) in [6.45, 7) is 2.14. The van der Waals surface area contributed by atoms with Crippen molar-refractivity contribution in [3.63, 3.8) is 0 Å². The smallest absolute Gasteiger partial charge is 0.224 e. The van der Waals surface area contributed by atoms with Crippen molar-refractivity contribution in [2.24, 2.45) is 0 Å². The molecular weight excluding hydrogens is 376 g/mol. The second kappa shape index (κ2) is 7.37. The molecule has 0 bridgehead atoms. The van der Waals surface area contributed by atoms with Crippen molar-refractivity contribution in [1.29, 1.82) is 0 Å². The molecule has 1 aliphatic carbocycles. The van der Waals surface area contributed by atoms with Crippen LogP contribution < -0.4 is 10.4 Å². The minimum Gasteiger partial charge on any atom is -0.503 e. The van der Waals surface area contributed by atoms with E-state index < -0.39 is 5.43 Å². The number of nitrogens with zero attached hydrogens (tertiary/aromatic N) is 4. The highest BCUT2D eigenvalue weighted by Gasteiger charge is 2.38. The first-order valence-electron chi connectivity index (χ1n) is 10.4. The van der Waals surface area contributed by atoms with Crippen molar-refractivity contribution < 1.29 is 5.11 Å². The van der Waals surface area contributed by atoms with Gasteiger partial charge in [0.2, 0.25) is 5.43 Å². The molecule has 30 heavy (non-hydrogen) atoms. The highest BCUT2D eigenvalue weighted by Crippen LogP contribution is 2.42. The third-order valence-electron chi connectivity index (χ3n) is 5.95. The number of pyridine rings is 1. The van der Waals surface area contributed by atoms with Crippen LogP contribution >= 0.6 is 0 Å². The Bertz CT molecular complexity index is 1190. The van der Waals surface area contributed by atoms with Crippen molar-refractivity contribution in [2.45, 2.75) is 38.4 Å². The number of benzene rings is 1. The van der Waals surface area contributed by atoms with Crippen LogP contribution in [0.3, 0.4) is 0 Å². The van der Waals surface area contributed by atoms with Crippen LogP contribution in [-0.4, -0.2) is 19.3 Å². The van der Waals surface area contributed by atoms with Gasteiger partial charge in [-0.2, -0.15) is 0 Å². The van der Waals surface area contributed by atoms with E-state index in [0.29, 0.717) is 11.5 Å². The maximum atomic E-state index is 12.3. The number of rotatable bonds is 4. The number of aromatic hydroxyl groups is 1. The van der Waals surface area contributed by atoms with E-state index in [-0.39, 0.29) is 18.0 Å². The van der Waals surface area contributed by atoms with Gasteiger partial charge >= 0.3 is 0 Å². The second-order valence-electron chi connectivity index (χ2n) is 7.67. The predicted octanol–water partition coefficient (Wildman–Crippen LogP) is 4.30. The highest BCUT2D eigenvalue weighted by atomic mass is 16.3. The first-order chi connectivity index (χ1) is 14.7. The molecule has 1 aliphatic heterocycles. The number of fused-ring (bicyclic) bond motifs is 3. The Labute approximate surface area is 175 Å². The number of imidazole rings is 1. The number of aromatic nitrogens is 3. The Balaban J connectivity index is 1.79. The van der Waals surface area contributed by atoms with Crippen LogP contribution in [0.15, 0.2) is 83.6 Å². The summed E-state index contributed by atoms with van der Waals surface area (Å²) < 4.78 is 3.98. The molecule has 0 fully saturated rings. The van der Waals surface area contributed by atoms with Gasteiger partial charge < -0.3 is 9.67 Å². The number of hydrogen-bond acceptors (Lipinski definition) is 4. The molecule has 2 aliphatic rings. The molecule has 2 unspecified atom stereocenters. The monoisotopic (exact) mass is 400 g/mol. The van der Waals surface area contributed by atoms with Gasteiger partial charge in [-0.15, -0.1) is 0 Å². The summed E-state index contributed by atoms with van der Waals surface area (Å²) >= 11 is 0. The lowest BCUT2D eigenvalue weighted by Gasteiger charge is -2.46. The van der Waals surface area contributed by atoms with Crippen LogP contribution in [0.2, 0.25) is 0 Å². The second-order valence-corrected chi connectivity index (χ2v) is 7.67. The molecule has 0 radical (unpaired) electrons. The molecule has 0 saturated heterocycles. The lowest BCUT2D eigenvalue weighted by molar-refractivity contribution is 0.321. The van der Waals surface area contributed by atoms with Gasteiger partial charge in [0.25, 0.3) is 0 Å². The fourth-order valence-electron chi connectivity index (χ4n) is 4.63. The zero-order valence-electron chi connectivity index (χ0n) is 16.8. The topological polar surface area (TPSA) is 63.3 Å². The van der Waals surface area contributed by atoms with Gasteiger partial charge in [0.1, 0.15) is 6.17 Å². The van der Waals surface area contributed by atoms with Gasteiger partial charge in [0.15, 0.2) is 17.3 Å². The molecule has 3 heterocycles. The van der Waals surface area contributed by atoms with Crippen LogP contribution in [0.1, 0.15) is 44.0 Å². The molecule has 1 aromatic carbocycles. The van der Waals surface area contributed by atoms with Crippen molar-refractivity contribution >= 4 is 0 Å². The molecule has 5 rings (SSSR count). The first-order valence-corrected chi connectivity index (χ1v) is 10.4. The van der Waals surface area contributed by atoms with Crippen molar-refractivity contribution in [1.82, 2.24) is 14.2 Å². The van der Waals surface area contributed by atoms with Crippen LogP contribution in [0.25, 0.3) is 11.5 Å². The zero-order valence-corrected chi connectivity index (χ0v) is 16.8. The lowest BCUT2D eigenvalue weighted by atomic mass is 9.91. The quantitative estimate of drug-likeness (QED) is 0.709. The predicted molar refractivity (Wildman–Crippen MR) is 117 cm³/mol. The number of allylic oxidation sites excluding steroid dienone is 3. The SMILES string of the molecule is CCC1N(C(C2=CC=CCC2)c2ccccc2)n2ccc(=O)c(O)c2-c2nccn21. The standard InChI is InChI=1S/C24H24N4O2/c1-2-20-26-16-14-25-24(26)22-23(30)19(29)13-15-27(22)28(20)21(17-9-5-3-6-10-17)18-11-7-4-8-12-18/h3-7,9-11,13-16,20-21,30H,2,8,12H2,1H3. The molecule has 0 amide bonds. The Morgan fingerprint density at radius 3 is 2.77 bits per heavy atom. The normalized spacial score (nSPS) is 18.5. The number of hydrogen-bond donors (Lipinski definition) is 1. The summed E-state index contributed by atoms with van der Waals surface area (Å²) in [6.07, 6.45) is 14.7. The summed E-state index contributed by atoms with van der Waals surface area (Å²) in [4.78, 5) is 16.8. The van der Waals surface area contributed by atoms with Gasteiger partial charge in [-0.1, -0.05) is 55.5 Å². The van der Waals surface area contributed by atoms with E-state index in [1.807, 2.05) is 16.9 Å². The molecule has 6 nitrogen and oxygen atoms in total. The van der Waals surface area contributed by atoms with Gasteiger partial charge in [0.05, 0.1) is 6.04 Å². The van der Waals surface area contributed by atoms with E-state index in [1.165, 1.54) is 17.2 Å². The molecule has 2 atom stereocenters. The summed E-state index contributed by atoms with van der Waals surface area (Å²) in [5, 5.41) is 13.0. The van der Waals surface area contributed by atoms with Crippen LogP contribution in [0, 0.1) is 0 Å². The molecule has 152 valence electrons. The molecule has 1 N–H and O–H groups in total. The maximum Gasteiger partial charge on any atom is 0.224 e. The Morgan fingerprint density at radius 1 is 1.20 bits per heavy atom.